The molecule has 1 aliphatic rings. The highest BCUT2D eigenvalue weighted by Gasteiger charge is 2.32. The number of alkyl halides is 3. The Hall–Kier alpha value is -2.88. The fourth-order valence-electron chi connectivity index (χ4n) is 3.51. The SMILES string of the molecule is Cc1cc([C@H](O)C2CCCN(C(=O)O)C2)nnc1-c1ccc(C(F)(F)F)cc1O. The summed E-state index contributed by atoms with van der Waals surface area (Å²) >= 11 is 0. The van der Waals surface area contributed by atoms with Crippen molar-refractivity contribution in [2.45, 2.75) is 32.0 Å². The highest BCUT2D eigenvalue weighted by Crippen LogP contribution is 2.37. The van der Waals surface area contributed by atoms with Crippen LogP contribution >= 0.6 is 0 Å². The van der Waals surface area contributed by atoms with Gasteiger partial charge in [-0.3, -0.25) is 0 Å². The molecule has 1 aromatic heterocycles. The van der Waals surface area contributed by atoms with Crippen LogP contribution in [0.15, 0.2) is 24.3 Å². The maximum atomic E-state index is 12.8. The molecule has 1 amide bonds. The number of phenolic OH excluding ortho intramolecular Hbond substituents is 1. The van der Waals surface area contributed by atoms with E-state index in [0.717, 1.165) is 12.1 Å². The summed E-state index contributed by atoms with van der Waals surface area (Å²) in [6, 6.07) is 4.14. The van der Waals surface area contributed by atoms with Crippen LogP contribution in [-0.2, 0) is 6.18 Å². The molecule has 0 spiro atoms. The molecule has 0 aliphatic carbocycles. The van der Waals surface area contributed by atoms with Gasteiger partial charge in [0.05, 0.1) is 17.0 Å². The molecule has 10 heteroatoms. The lowest BCUT2D eigenvalue weighted by Crippen LogP contribution is -2.41. The number of piperidine rings is 1. The Morgan fingerprint density at radius 2 is 2.00 bits per heavy atom. The van der Waals surface area contributed by atoms with Crippen molar-refractivity contribution in [1.29, 1.82) is 0 Å². The van der Waals surface area contributed by atoms with Gasteiger partial charge in [-0.15, -0.1) is 5.10 Å². The Balaban J connectivity index is 1.84. The van der Waals surface area contributed by atoms with E-state index in [9.17, 15) is 28.2 Å². The summed E-state index contributed by atoms with van der Waals surface area (Å²) in [6.07, 6.45) is -5.39. The number of aliphatic hydroxyl groups is 1. The Morgan fingerprint density at radius 3 is 2.59 bits per heavy atom. The van der Waals surface area contributed by atoms with Crippen LogP contribution in [0.5, 0.6) is 5.75 Å². The third kappa shape index (κ3) is 4.42. The van der Waals surface area contributed by atoms with Gasteiger partial charge in [0, 0.05) is 24.6 Å². The molecule has 7 nitrogen and oxygen atoms in total. The van der Waals surface area contributed by atoms with Gasteiger partial charge in [0.25, 0.3) is 0 Å². The molecule has 3 rings (SSSR count). The third-order valence-corrected chi connectivity index (χ3v) is 5.06. The van der Waals surface area contributed by atoms with Gasteiger partial charge in [0.15, 0.2) is 0 Å². The van der Waals surface area contributed by atoms with Crippen molar-refractivity contribution in [3.63, 3.8) is 0 Å². The predicted molar refractivity (Wildman–Crippen MR) is 96.2 cm³/mol. The number of nitrogens with zero attached hydrogens (tertiary/aromatic N) is 3. The number of carbonyl (C=O) groups is 1. The molecule has 2 aromatic rings. The van der Waals surface area contributed by atoms with Crippen molar-refractivity contribution >= 4 is 6.09 Å². The van der Waals surface area contributed by atoms with Gasteiger partial charge in [0.1, 0.15) is 11.9 Å². The van der Waals surface area contributed by atoms with Crippen molar-refractivity contribution < 1.29 is 33.3 Å². The Kier molecular flexibility index (Phi) is 5.65. The summed E-state index contributed by atoms with van der Waals surface area (Å²) < 4.78 is 38.3. The van der Waals surface area contributed by atoms with Crippen LogP contribution in [-0.4, -0.2) is 49.6 Å². The van der Waals surface area contributed by atoms with Gasteiger partial charge in [0.2, 0.25) is 0 Å². The Labute approximate surface area is 164 Å². The number of benzene rings is 1. The van der Waals surface area contributed by atoms with Gasteiger partial charge < -0.3 is 20.2 Å². The van der Waals surface area contributed by atoms with E-state index in [-0.39, 0.29) is 29.4 Å². The molecule has 1 saturated heterocycles. The number of amides is 1. The van der Waals surface area contributed by atoms with Crippen molar-refractivity contribution in [2.75, 3.05) is 13.1 Å². The second-order valence-electron chi connectivity index (χ2n) is 7.11. The quantitative estimate of drug-likeness (QED) is 0.713. The Bertz CT molecular complexity index is 920. The van der Waals surface area contributed by atoms with E-state index in [4.69, 9.17) is 5.11 Å². The average Bonchev–Trinajstić information content (AvgIpc) is 2.67. The fraction of sp³-hybridized carbons (Fsp3) is 0.421. The number of aliphatic hydroxyl groups excluding tert-OH is 1. The number of hydrogen-bond donors (Lipinski definition) is 3. The summed E-state index contributed by atoms with van der Waals surface area (Å²) in [6.45, 7) is 2.23. The number of carboxylic acid groups (broad SMARTS) is 1. The number of aromatic hydroxyl groups is 1. The molecule has 29 heavy (non-hydrogen) atoms. The van der Waals surface area contributed by atoms with E-state index in [1.165, 1.54) is 4.90 Å². The second kappa shape index (κ2) is 7.86. The molecular weight excluding hydrogens is 391 g/mol. The molecule has 1 aromatic carbocycles. The zero-order chi connectivity index (χ0) is 21.3. The number of rotatable bonds is 3. The molecule has 156 valence electrons. The molecule has 2 atom stereocenters. The fourth-order valence-corrected chi connectivity index (χ4v) is 3.51. The molecule has 0 bridgehead atoms. The minimum atomic E-state index is -4.57. The predicted octanol–water partition coefficient (Wildman–Crippen LogP) is 3.60. The number of likely N-dealkylation sites (tertiary alicyclic amines) is 1. The molecule has 1 unspecified atom stereocenters. The number of aryl methyl sites for hydroxylation is 1. The summed E-state index contributed by atoms with van der Waals surface area (Å²) in [5.41, 5.74) is 0.0725. The van der Waals surface area contributed by atoms with Crippen molar-refractivity contribution in [2.24, 2.45) is 5.92 Å². The molecule has 0 saturated carbocycles. The summed E-state index contributed by atoms with van der Waals surface area (Å²) in [5.74, 6) is -0.909. The number of aromatic nitrogens is 2. The van der Waals surface area contributed by atoms with Gasteiger partial charge in [-0.25, -0.2) is 4.79 Å². The van der Waals surface area contributed by atoms with E-state index in [0.29, 0.717) is 31.0 Å². The summed E-state index contributed by atoms with van der Waals surface area (Å²) in [5, 5.41) is 37.7. The lowest BCUT2D eigenvalue weighted by molar-refractivity contribution is -0.137. The number of hydrogen-bond acceptors (Lipinski definition) is 5. The van der Waals surface area contributed by atoms with E-state index in [2.05, 4.69) is 10.2 Å². The molecule has 2 heterocycles. The average molecular weight is 411 g/mol. The van der Waals surface area contributed by atoms with Gasteiger partial charge in [-0.1, -0.05) is 0 Å². The maximum Gasteiger partial charge on any atom is 0.416 e. The minimum Gasteiger partial charge on any atom is -0.507 e. The normalized spacial score (nSPS) is 18.5. The standard InChI is InChI=1S/C19H20F3N3O4/c1-10-7-14(17(27)11-3-2-6-25(9-11)18(28)29)23-24-16(10)13-5-4-12(8-15(13)26)19(20,21)22/h4-5,7-8,11,17,26-27H,2-3,6,9H2,1H3,(H,28,29)/t11?,17-/m1/s1. The van der Waals surface area contributed by atoms with Crippen LogP contribution in [0, 0.1) is 12.8 Å². The van der Waals surface area contributed by atoms with E-state index >= 15 is 0 Å². The molecule has 3 N–H and O–H groups in total. The minimum absolute atomic E-state index is 0.0961. The molecular formula is C19H20F3N3O4. The molecule has 1 aliphatic heterocycles. The second-order valence-corrected chi connectivity index (χ2v) is 7.11. The lowest BCUT2D eigenvalue weighted by Gasteiger charge is -2.33. The van der Waals surface area contributed by atoms with E-state index in [1.807, 2.05) is 0 Å². The molecule has 0 radical (unpaired) electrons. The summed E-state index contributed by atoms with van der Waals surface area (Å²) in [4.78, 5) is 12.4. The van der Waals surface area contributed by atoms with Crippen molar-refractivity contribution in [3.8, 4) is 17.0 Å². The first kappa shape index (κ1) is 20.8. The van der Waals surface area contributed by atoms with E-state index < -0.39 is 29.7 Å². The largest absolute Gasteiger partial charge is 0.507 e. The zero-order valence-electron chi connectivity index (χ0n) is 15.5. The number of phenols is 1. The van der Waals surface area contributed by atoms with Gasteiger partial charge in [-0.2, -0.15) is 18.3 Å². The number of halogens is 3. The first-order valence-electron chi connectivity index (χ1n) is 8.98. The van der Waals surface area contributed by atoms with Crippen molar-refractivity contribution in [1.82, 2.24) is 15.1 Å². The topological polar surface area (TPSA) is 107 Å². The molecule has 1 fully saturated rings. The van der Waals surface area contributed by atoms with Crippen LogP contribution in [0.2, 0.25) is 0 Å². The van der Waals surface area contributed by atoms with Crippen molar-refractivity contribution in [3.05, 3.63) is 41.1 Å². The van der Waals surface area contributed by atoms with Gasteiger partial charge >= 0.3 is 12.3 Å². The van der Waals surface area contributed by atoms with Crippen LogP contribution in [0.1, 0.15) is 35.8 Å². The lowest BCUT2D eigenvalue weighted by atomic mass is 9.90. The highest BCUT2D eigenvalue weighted by atomic mass is 19.4. The monoisotopic (exact) mass is 411 g/mol. The van der Waals surface area contributed by atoms with Gasteiger partial charge in [-0.05, 0) is 49.6 Å². The zero-order valence-corrected chi connectivity index (χ0v) is 15.5. The smallest absolute Gasteiger partial charge is 0.416 e. The third-order valence-electron chi connectivity index (χ3n) is 5.06. The van der Waals surface area contributed by atoms with Crippen LogP contribution in [0.4, 0.5) is 18.0 Å². The van der Waals surface area contributed by atoms with Crippen LogP contribution < -0.4 is 0 Å². The highest BCUT2D eigenvalue weighted by molar-refractivity contribution is 5.69. The first-order chi connectivity index (χ1) is 13.6. The Morgan fingerprint density at radius 1 is 1.28 bits per heavy atom. The van der Waals surface area contributed by atoms with Crippen LogP contribution in [0.25, 0.3) is 11.3 Å². The maximum absolute atomic E-state index is 12.8. The first-order valence-corrected chi connectivity index (χ1v) is 8.98. The summed E-state index contributed by atoms with van der Waals surface area (Å²) in [7, 11) is 0. The van der Waals surface area contributed by atoms with E-state index in [1.54, 1.807) is 13.0 Å². The van der Waals surface area contributed by atoms with Crippen LogP contribution in [0.3, 0.4) is 0 Å².